The number of rotatable bonds is 6. The Morgan fingerprint density at radius 2 is 2.22 bits per heavy atom. The number of hydrogen-bond acceptors (Lipinski definition) is 5. The van der Waals surface area contributed by atoms with Gasteiger partial charge < -0.3 is 10.5 Å². The van der Waals surface area contributed by atoms with Crippen LogP contribution in [0.4, 0.5) is 0 Å². The van der Waals surface area contributed by atoms with Crippen LogP contribution in [0.15, 0.2) is 16.3 Å². The van der Waals surface area contributed by atoms with E-state index in [1.165, 1.54) is 11.3 Å². The van der Waals surface area contributed by atoms with Gasteiger partial charge in [-0.3, -0.25) is 0 Å². The van der Waals surface area contributed by atoms with Crippen LogP contribution in [-0.2, 0) is 21.2 Å². The lowest BCUT2D eigenvalue weighted by molar-refractivity contribution is 0.0236. The zero-order valence-electron chi connectivity index (χ0n) is 10.3. The molecule has 0 spiro atoms. The summed E-state index contributed by atoms with van der Waals surface area (Å²) in [6.07, 6.45) is 2.40. The summed E-state index contributed by atoms with van der Waals surface area (Å²) in [5, 5.41) is 0. The maximum absolute atomic E-state index is 12.1. The molecule has 102 valence electrons. The minimum absolute atomic E-state index is 0.00000785. The third-order valence-corrected chi connectivity index (χ3v) is 6.20. The number of hydrogen-bond donors (Lipinski definition) is 2. The van der Waals surface area contributed by atoms with E-state index < -0.39 is 10.0 Å². The molecule has 7 heteroatoms. The van der Waals surface area contributed by atoms with E-state index >= 15 is 0 Å². The lowest BCUT2D eigenvalue weighted by atomic mass is 9.90. The van der Waals surface area contributed by atoms with Gasteiger partial charge in [0.1, 0.15) is 4.21 Å². The Hall–Kier alpha value is -0.470. The molecule has 0 aliphatic heterocycles. The van der Waals surface area contributed by atoms with Crippen LogP contribution in [0.5, 0.6) is 0 Å². The van der Waals surface area contributed by atoms with Crippen molar-refractivity contribution in [1.82, 2.24) is 4.72 Å². The Bertz CT molecular complexity index is 492. The summed E-state index contributed by atoms with van der Waals surface area (Å²) in [7, 11) is -1.73. The van der Waals surface area contributed by atoms with Crippen molar-refractivity contribution in [3.63, 3.8) is 0 Å². The number of sulfonamides is 1. The first-order valence-electron chi connectivity index (χ1n) is 5.89. The molecular formula is C11H18N2O3S2. The Balaban J connectivity index is 1.97. The van der Waals surface area contributed by atoms with Crippen LogP contribution in [-0.4, -0.2) is 34.2 Å². The van der Waals surface area contributed by atoms with E-state index in [-0.39, 0.29) is 12.1 Å². The zero-order valence-corrected chi connectivity index (χ0v) is 11.9. The van der Waals surface area contributed by atoms with Gasteiger partial charge >= 0.3 is 0 Å². The van der Waals surface area contributed by atoms with Crippen molar-refractivity contribution in [1.29, 1.82) is 0 Å². The molecule has 0 atom stereocenters. The van der Waals surface area contributed by atoms with Crippen molar-refractivity contribution < 1.29 is 13.2 Å². The predicted octanol–water partition coefficient (Wildman–Crippen LogP) is 0.705. The van der Waals surface area contributed by atoms with Crippen molar-refractivity contribution >= 4 is 21.4 Å². The number of ether oxygens (including phenoxy) is 1. The second kappa shape index (κ2) is 5.66. The molecule has 0 amide bonds. The van der Waals surface area contributed by atoms with Crippen molar-refractivity contribution in [2.75, 3.05) is 13.7 Å². The second-order valence-electron chi connectivity index (χ2n) is 4.41. The molecule has 1 aromatic heterocycles. The standard InChI is InChI=1S/C11H18N2O3S2/c1-16-9-6-8(7-9)13-18(14,15)11-3-2-10(17-11)4-5-12/h2-3,8-9,13H,4-7,12H2,1H3. The summed E-state index contributed by atoms with van der Waals surface area (Å²) < 4.78 is 32.3. The number of nitrogens with one attached hydrogen (secondary N) is 1. The summed E-state index contributed by atoms with van der Waals surface area (Å²) in [5.41, 5.74) is 5.45. The summed E-state index contributed by atoms with van der Waals surface area (Å²) in [4.78, 5) is 1.00. The quantitative estimate of drug-likeness (QED) is 0.808. The molecule has 2 rings (SSSR count). The van der Waals surface area contributed by atoms with Gasteiger partial charge in [0.05, 0.1) is 6.10 Å². The molecule has 1 aromatic rings. The third-order valence-electron chi connectivity index (χ3n) is 3.04. The average Bonchev–Trinajstić information content (AvgIpc) is 2.72. The molecule has 1 fully saturated rings. The molecule has 0 bridgehead atoms. The maximum Gasteiger partial charge on any atom is 0.250 e. The van der Waals surface area contributed by atoms with Gasteiger partial charge in [0.15, 0.2) is 0 Å². The molecule has 1 saturated carbocycles. The van der Waals surface area contributed by atoms with Crippen LogP contribution in [0.1, 0.15) is 17.7 Å². The van der Waals surface area contributed by atoms with Crippen molar-refractivity contribution in [2.45, 2.75) is 35.6 Å². The second-order valence-corrected chi connectivity index (χ2v) is 7.52. The maximum atomic E-state index is 12.1. The minimum atomic E-state index is -3.38. The molecule has 5 nitrogen and oxygen atoms in total. The van der Waals surface area contributed by atoms with Gasteiger partial charge in [-0.05, 0) is 37.9 Å². The zero-order chi connectivity index (χ0) is 13.2. The smallest absolute Gasteiger partial charge is 0.250 e. The SMILES string of the molecule is COC1CC(NS(=O)(=O)c2ccc(CCN)s2)C1. The normalized spacial score (nSPS) is 23.9. The molecule has 0 aromatic carbocycles. The fourth-order valence-electron chi connectivity index (χ4n) is 1.91. The number of nitrogens with two attached hydrogens (primary N) is 1. The van der Waals surface area contributed by atoms with Gasteiger partial charge in [0, 0.05) is 18.0 Å². The lowest BCUT2D eigenvalue weighted by Gasteiger charge is -2.34. The van der Waals surface area contributed by atoms with Gasteiger partial charge in [-0.2, -0.15) is 0 Å². The van der Waals surface area contributed by atoms with E-state index in [2.05, 4.69) is 4.72 Å². The van der Waals surface area contributed by atoms with Crippen LogP contribution in [0, 0.1) is 0 Å². The fourth-order valence-corrected chi connectivity index (χ4v) is 4.56. The van der Waals surface area contributed by atoms with E-state index in [0.29, 0.717) is 10.8 Å². The Morgan fingerprint density at radius 3 is 2.83 bits per heavy atom. The minimum Gasteiger partial charge on any atom is -0.381 e. The molecule has 18 heavy (non-hydrogen) atoms. The summed E-state index contributed by atoms with van der Waals surface area (Å²) in [6, 6.07) is 3.47. The highest BCUT2D eigenvalue weighted by molar-refractivity contribution is 7.91. The summed E-state index contributed by atoms with van der Waals surface area (Å²) >= 11 is 1.29. The van der Waals surface area contributed by atoms with Crippen LogP contribution in [0.2, 0.25) is 0 Å². The highest BCUT2D eigenvalue weighted by Crippen LogP contribution is 2.27. The average molecular weight is 290 g/mol. The molecule has 3 N–H and O–H groups in total. The van der Waals surface area contributed by atoms with E-state index in [9.17, 15) is 8.42 Å². The first-order chi connectivity index (χ1) is 8.55. The van der Waals surface area contributed by atoms with E-state index in [1.54, 1.807) is 13.2 Å². The van der Waals surface area contributed by atoms with Crippen LogP contribution in [0.25, 0.3) is 0 Å². The van der Waals surface area contributed by atoms with Crippen molar-refractivity contribution in [3.8, 4) is 0 Å². The first-order valence-corrected chi connectivity index (χ1v) is 8.19. The van der Waals surface area contributed by atoms with Crippen molar-refractivity contribution in [3.05, 3.63) is 17.0 Å². The molecule has 1 heterocycles. The molecule has 1 aliphatic carbocycles. The van der Waals surface area contributed by atoms with Crippen LogP contribution < -0.4 is 10.5 Å². The fraction of sp³-hybridized carbons (Fsp3) is 0.636. The Kier molecular flexibility index (Phi) is 4.39. The Morgan fingerprint density at radius 1 is 1.50 bits per heavy atom. The van der Waals surface area contributed by atoms with Gasteiger partial charge in [-0.25, -0.2) is 13.1 Å². The third kappa shape index (κ3) is 3.10. The lowest BCUT2D eigenvalue weighted by Crippen LogP contribution is -2.47. The van der Waals surface area contributed by atoms with Crippen molar-refractivity contribution in [2.24, 2.45) is 5.73 Å². The predicted molar refractivity (Wildman–Crippen MR) is 71.2 cm³/mol. The molecule has 0 unspecified atom stereocenters. The molecular weight excluding hydrogens is 272 g/mol. The topological polar surface area (TPSA) is 81.4 Å². The molecule has 1 aliphatic rings. The molecule has 0 radical (unpaired) electrons. The van der Waals surface area contributed by atoms with Gasteiger partial charge in [0.25, 0.3) is 0 Å². The van der Waals surface area contributed by atoms with Crippen LogP contribution in [0.3, 0.4) is 0 Å². The van der Waals surface area contributed by atoms with E-state index in [1.807, 2.05) is 6.07 Å². The monoisotopic (exact) mass is 290 g/mol. The number of thiophene rings is 1. The largest absolute Gasteiger partial charge is 0.381 e. The Labute approximate surface area is 111 Å². The van der Waals surface area contributed by atoms with E-state index in [4.69, 9.17) is 10.5 Å². The highest BCUT2D eigenvalue weighted by atomic mass is 32.2. The van der Waals surface area contributed by atoms with Crippen LogP contribution >= 0.6 is 11.3 Å². The van der Waals surface area contributed by atoms with Gasteiger partial charge in [-0.1, -0.05) is 0 Å². The highest BCUT2D eigenvalue weighted by Gasteiger charge is 2.33. The van der Waals surface area contributed by atoms with Gasteiger partial charge in [-0.15, -0.1) is 11.3 Å². The van der Waals surface area contributed by atoms with Gasteiger partial charge in [0.2, 0.25) is 10.0 Å². The summed E-state index contributed by atoms with van der Waals surface area (Å²) in [6.45, 7) is 0.533. The molecule has 0 saturated heterocycles. The first kappa shape index (κ1) is 14.0. The number of methoxy groups -OCH3 is 1. The summed E-state index contributed by atoms with van der Waals surface area (Å²) in [5.74, 6) is 0. The van der Waals surface area contributed by atoms with E-state index in [0.717, 1.165) is 24.1 Å².